The molecular weight excluding hydrogens is 166 g/mol. The van der Waals surface area contributed by atoms with Gasteiger partial charge < -0.3 is 9.97 Å². The maximum atomic E-state index is 11.0. The van der Waals surface area contributed by atoms with E-state index in [1.54, 1.807) is 12.4 Å². The minimum atomic E-state index is -0.177. The van der Waals surface area contributed by atoms with Crippen LogP contribution in [0.25, 0.3) is 11.3 Å². The van der Waals surface area contributed by atoms with Gasteiger partial charge in [-0.2, -0.15) is 0 Å². The molecule has 4 nitrogen and oxygen atoms in total. The number of nitrogens with zero attached hydrogens (tertiary/aromatic N) is 1. The highest BCUT2D eigenvalue weighted by atomic mass is 16.1. The minimum Gasteiger partial charge on any atom is -0.310 e. The Hall–Kier alpha value is -1.84. The summed E-state index contributed by atoms with van der Waals surface area (Å²) in [6.07, 6.45) is 3.39. The number of H-pyrrole nitrogens is 2. The summed E-state index contributed by atoms with van der Waals surface area (Å²) in [5.74, 6) is 0. The predicted molar refractivity (Wildman–Crippen MR) is 49.4 cm³/mol. The van der Waals surface area contributed by atoms with Crippen molar-refractivity contribution in [3.63, 3.8) is 0 Å². The standard InChI is InChI=1S/C9H9N3O/c1-6-8(12-9(13)11-6)7-2-4-10-5-3-7/h2-5H,1H3,(H2,11,12,13). The number of hydrogen-bond donors (Lipinski definition) is 2. The largest absolute Gasteiger partial charge is 0.323 e. The highest BCUT2D eigenvalue weighted by molar-refractivity contribution is 5.60. The van der Waals surface area contributed by atoms with Crippen molar-refractivity contribution in [3.8, 4) is 11.3 Å². The summed E-state index contributed by atoms with van der Waals surface area (Å²) in [5, 5.41) is 0. The molecule has 0 aliphatic rings. The van der Waals surface area contributed by atoms with Gasteiger partial charge in [0, 0.05) is 23.7 Å². The van der Waals surface area contributed by atoms with E-state index in [0.29, 0.717) is 0 Å². The zero-order valence-electron chi connectivity index (χ0n) is 7.16. The second kappa shape index (κ2) is 2.90. The number of aryl methyl sites for hydroxylation is 1. The fraction of sp³-hybridized carbons (Fsp3) is 0.111. The Morgan fingerprint density at radius 1 is 1.23 bits per heavy atom. The van der Waals surface area contributed by atoms with Crippen molar-refractivity contribution in [2.75, 3.05) is 0 Å². The smallest absolute Gasteiger partial charge is 0.310 e. The van der Waals surface area contributed by atoms with E-state index in [0.717, 1.165) is 17.0 Å². The molecule has 0 fully saturated rings. The first kappa shape index (κ1) is 7.79. The Bertz CT molecular complexity index is 455. The zero-order chi connectivity index (χ0) is 9.26. The molecule has 0 amide bonds. The second-order valence-corrected chi connectivity index (χ2v) is 2.82. The maximum Gasteiger partial charge on any atom is 0.323 e. The van der Waals surface area contributed by atoms with Gasteiger partial charge in [0.15, 0.2) is 0 Å². The molecule has 13 heavy (non-hydrogen) atoms. The van der Waals surface area contributed by atoms with Gasteiger partial charge in [0.05, 0.1) is 5.69 Å². The van der Waals surface area contributed by atoms with Crippen molar-refractivity contribution < 1.29 is 0 Å². The number of pyridine rings is 1. The minimum absolute atomic E-state index is 0.177. The first-order chi connectivity index (χ1) is 6.27. The molecule has 0 spiro atoms. The van der Waals surface area contributed by atoms with Gasteiger partial charge in [-0.05, 0) is 19.1 Å². The number of hydrogen-bond acceptors (Lipinski definition) is 2. The summed E-state index contributed by atoms with van der Waals surface area (Å²) < 4.78 is 0. The van der Waals surface area contributed by atoms with Gasteiger partial charge in [0.25, 0.3) is 0 Å². The molecular formula is C9H9N3O. The number of rotatable bonds is 1. The number of nitrogens with one attached hydrogen (secondary N) is 2. The van der Waals surface area contributed by atoms with Gasteiger partial charge in [0.1, 0.15) is 0 Å². The Labute approximate surface area is 74.7 Å². The molecule has 4 heteroatoms. The molecule has 2 aromatic rings. The van der Waals surface area contributed by atoms with Crippen LogP contribution in [-0.2, 0) is 0 Å². The topological polar surface area (TPSA) is 61.5 Å². The lowest BCUT2D eigenvalue weighted by Gasteiger charge is -1.96. The number of aromatic amines is 2. The highest BCUT2D eigenvalue weighted by Gasteiger charge is 2.03. The molecule has 2 heterocycles. The van der Waals surface area contributed by atoms with E-state index in [9.17, 15) is 4.79 Å². The van der Waals surface area contributed by atoms with Crippen LogP contribution >= 0.6 is 0 Å². The SMILES string of the molecule is Cc1[nH]c(=O)[nH]c1-c1ccncc1. The van der Waals surface area contributed by atoms with Crippen LogP contribution in [0, 0.1) is 6.92 Å². The normalized spacial score (nSPS) is 10.2. The van der Waals surface area contributed by atoms with Crippen LogP contribution in [-0.4, -0.2) is 15.0 Å². The van der Waals surface area contributed by atoms with Crippen LogP contribution in [0.5, 0.6) is 0 Å². The monoisotopic (exact) mass is 175 g/mol. The third-order valence-corrected chi connectivity index (χ3v) is 1.88. The van der Waals surface area contributed by atoms with E-state index in [-0.39, 0.29) is 5.69 Å². The van der Waals surface area contributed by atoms with E-state index in [2.05, 4.69) is 15.0 Å². The van der Waals surface area contributed by atoms with Crippen molar-refractivity contribution in [1.29, 1.82) is 0 Å². The molecule has 2 rings (SSSR count). The molecule has 0 radical (unpaired) electrons. The maximum absolute atomic E-state index is 11.0. The molecule has 0 atom stereocenters. The van der Waals surface area contributed by atoms with Crippen molar-refractivity contribution in [2.45, 2.75) is 6.92 Å². The van der Waals surface area contributed by atoms with E-state index < -0.39 is 0 Å². The lowest BCUT2D eigenvalue weighted by molar-refractivity contribution is 1.16. The molecule has 66 valence electrons. The van der Waals surface area contributed by atoms with Gasteiger partial charge in [-0.25, -0.2) is 4.79 Å². The first-order valence-corrected chi connectivity index (χ1v) is 3.96. The van der Waals surface area contributed by atoms with Crippen LogP contribution in [0.15, 0.2) is 29.3 Å². The van der Waals surface area contributed by atoms with E-state index in [4.69, 9.17) is 0 Å². The van der Waals surface area contributed by atoms with Gasteiger partial charge in [-0.1, -0.05) is 0 Å². The number of imidazole rings is 1. The number of aromatic nitrogens is 3. The summed E-state index contributed by atoms with van der Waals surface area (Å²) in [7, 11) is 0. The van der Waals surface area contributed by atoms with E-state index >= 15 is 0 Å². The van der Waals surface area contributed by atoms with Crippen molar-refractivity contribution >= 4 is 0 Å². The fourth-order valence-corrected chi connectivity index (χ4v) is 1.28. The van der Waals surface area contributed by atoms with Crippen molar-refractivity contribution in [2.24, 2.45) is 0 Å². The third-order valence-electron chi connectivity index (χ3n) is 1.88. The van der Waals surface area contributed by atoms with Crippen LogP contribution in [0.2, 0.25) is 0 Å². The highest BCUT2D eigenvalue weighted by Crippen LogP contribution is 2.16. The zero-order valence-corrected chi connectivity index (χ0v) is 7.16. The van der Waals surface area contributed by atoms with E-state index in [1.165, 1.54) is 0 Å². The van der Waals surface area contributed by atoms with Gasteiger partial charge in [0.2, 0.25) is 0 Å². The van der Waals surface area contributed by atoms with Crippen molar-refractivity contribution in [3.05, 3.63) is 40.7 Å². The fourth-order valence-electron chi connectivity index (χ4n) is 1.28. The molecule has 0 bridgehead atoms. The van der Waals surface area contributed by atoms with Crippen molar-refractivity contribution in [1.82, 2.24) is 15.0 Å². The summed E-state index contributed by atoms with van der Waals surface area (Å²) in [5.41, 5.74) is 2.46. The van der Waals surface area contributed by atoms with Gasteiger partial charge in [-0.3, -0.25) is 4.98 Å². The third kappa shape index (κ3) is 1.38. The first-order valence-electron chi connectivity index (χ1n) is 3.96. The summed E-state index contributed by atoms with van der Waals surface area (Å²) >= 11 is 0. The van der Waals surface area contributed by atoms with Gasteiger partial charge >= 0.3 is 5.69 Å². The van der Waals surface area contributed by atoms with Crippen LogP contribution < -0.4 is 5.69 Å². The molecule has 0 saturated carbocycles. The molecule has 0 saturated heterocycles. The molecule has 0 aromatic carbocycles. The van der Waals surface area contributed by atoms with E-state index in [1.807, 2.05) is 19.1 Å². The Morgan fingerprint density at radius 2 is 1.92 bits per heavy atom. The molecule has 0 aliphatic heterocycles. The Balaban J connectivity index is 2.59. The van der Waals surface area contributed by atoms with Crippen LogP contribution in [0.1, 0.15) is 5.69 Å². The predicted octanol–water partition coefficient (Wildman–Crippen LogP) is 1.07. The second-order valence-electron chi connectivity index (χ2n) is 2.82. The summed E-state index contributed by atoms with van der Waals surface area (Å²) in [4.78, 5) is 20.3. The molecule has 2 N–H and O–H groups in total. The summed E-state index contributed by atoms with van der Waals surface area (Å²) in [6, 6.07) is 3.71. The summed E-state index contributed by atoms with van der Waals surface area (Å²) in [6.45, 7) is 1.85. The average molecular weight is 175 g/mol. The lowest BCUT2D eigenvalue weighted by Crippen LogP contribution is -2.00. The Kier molecular flexibility index (Phi) is 1.73. The average Bonchev–Trinajstić information content (AvgIpc) is 2.47. The Morgan fingerprint density at radius 3 is 2.46 bits per heavy atom. The van der Waals surface area contributed by atoms with Crippen LogP contribution in [0.3, 0.4) is 0 Å². The molecule has 0 aliphatic carbocycles. The molecule has 0 unspecified atom stereocenters. The van der Waals surface area contributed by atoms with Crippen LogP contribution in [0.4, 0.5) is 0 Å². The lowest BCUT2D eigenvalue weighted by atomic mass is 10.2. The molecule has 2 aromatic heterocycles. The quantitative estimate of drug-likeness (QED) is 0.681. The van der Waals surface area contributed by atoms with Gasteiger partial charge in [-0.15, -0.1) is 0 Å².